The number of hydrogen-bond donors (Lipinski definition) is 1. The minimum Gasteiger partial charge on any atom is -0.378 e. The fourth-order valence-corrected chi connectivity index (χ4v) is 4.01. The Balaban J connectivity index is 1.49. The van der Waals surface area contributed by atoms with Gasteiger partial charge in [-0.2, -0.15) is 10.1 Å². The Morgan fingerprint density at radius 3 is 2.72 bits per heavy atom. The van der Waals surface area contributed by atoms with Gasteiger partial charge in [0, 0.05) is 31.4 Å². The monoisotopic (exact) mass is 427 g/mol. The lowest BCUT2D eigenvalue weighted by atomic mass is 9.98. The molecule has 1 unspecified atom stereocenters. The van der Waals surface area contributed by atoms with E-state index in [2.05, 4.69) is 46.4 Å². The van der Waals surface area contributed by atoms with Crippen LogP contribution in [0, 0.1) is 6.92 Å². The molecule has 1 fully saturated rings. The molecule has 4 heterocycles. The largest absolute Gasteiger partial charge is 0.378 e. The zero-order valence-corrected chi connectivity index (χ0v) is 18.2. The van der Waals surface area contributed by atoms with Gasteiger partial charge >= 0.3 is 0 Å². The maximum Gasteiger partial charge on any atom is 0.245 e. The quantitative estimate of drug-likeness (QED) is 0.493. The molecule has 3 aromatic rings. The Hall–Kier alpha value is -3.65. The number of morpholine rings is 1. The molecule has 0 saturated carbocycles. The highest BCUT2D eigenvalue weighted by atomic mass is 16.5. The van der Waals surface area contributed by atoms with Crippen LogP contribution in [0.15, 0.2) is 58.9 Å². The zero-order valence-electron chi connectivity index (χ0n) is 18.2. The zero-order chi connectivity index (χ0) is 21.9. The minimum absolute atomic E-state index is 0.0384. The first-order valence-electron chi connectivity index (χ1n) is 10.8. The molecule has 8 heteroatoms. The number of fused-ring (bicyclic) bond motifs is 1. The summed E-state index contributed by atoms with van der Waals surface area (Å²) in [4.78, 5) is 20.9. The summed E-state index contributed by atoms with van der Waals surface area (Å²) < 4.78 is 5.54. The average molecular weight is 428 g/mol. The molecular formula is C24H25N7O. The summed E-state index contributed by atoms with van der Waals surface area (Å²) in [5.74, 6) is 1.33. The Bertz CT molecular complexity index is 1170. The smallest absolute Gasteiger partial charge is 0.245 e. The lowest BCUT2D eigenvalue weighted by Crippen LogP contribution is -2.37. The molecule has 162 valence electrons. The van der Waals surface area contributed by atoms with Crippen LogP contribution in [0.4, 0.5) is 17.5 Å². The Morgan fingerprint density at radius 1 is 1.12 bits per heavy atom. The first-order valence-corrected chi connectivity index (χ1v) is 10.8. The van der Waals surface area contributed by atoms with Gasteiger partial charge in [0.1, 0.15) is 5.69 Å². The standard InChI is InChI=1S/C24H25N7O/c1-16-4-3-5-18(14-16)15-26-30-24-28-21-17(2)20(19-6-8-25-9-7-19)27-22(21)23(29-24)31-10-12-32-13-11-31/h3-9,14-15,17H,10-13H2,1-2H3,(H,28,29,30)/b26-15+. The molecule has 0 bridgehead atoms. The van der Waals surface area contributed by atoms with E-state index < -0.39 is 0 Å². The lowest BCUT2D eigenvalue weighted by molar-refractivity contribution is 0.122. The molecule has 1 atom stereocenters. The van der Waals surface area contributed by atoms with E-state index in [4.69, 9.17) is 19.7 Å². The van der Waals surface area contributed by atoms with Gasteiger partial charge in [0.15, 0.2) is 5.82 Å². The maximum atomic E-state index is 5.54. The van der Waals surface area contributed by atoms with Crippen molar-refractivity contribution >= 4 is 29.4 Å². The summed E-state index contributed by atoms with van der Waals surface area (Å²) in [6.45, 7) is 7.06. The average Bonchev–Trinajstić information content (AvgIpc) is 3.16. The first-order chi connectivity index (χ1) is 15.7. The first kappa shape index (κ1) is 20.3. The molecule has 0 radical (unpaired) electrons. The highest BCUT2D eigenvalue weighted by molar-refractivity contribution is 6.10. The van der Waals surface area contributed by atoms with Crippen LogP contribution >= 0.6 is 0 Å². The number of nitrogens with zero attached hydrogens (tertiary/aromatic N) is 6. The molecule has 0 amide bonds. The Labute approximate surface area is 187 Å². The van der Waals surface area contributed by atoms with Crippen molar-refractivity contribution in [3.8, 4) is 0 Å². The topological polar surface area (TPSA) is 87.9 Å². The molecule has 0 aliphatic carbocycles. The molecule has 32 heavy (non-hydrogen) atoms. The second-order valence-corrected chi connectivity index (χ2v) is 7.94. The molecule has 0 spiro atoms. The van der Waals surface area contributed by atoms with Crippen LogP contribution in [0.2, 0.25) is 0 Å². The van der Waals surface area contributed by atoms with Gasteiger partial charge in [-0.1, -0.05) is 36.8 Å². The van der Waals surface area contributed by atoms with Crippen molar-refractivity contribution in [1.82, 2.24) is 15.0 Å². The molecule has 1 N–H and O–H groups in total. The van der Waals surface area contributed by atoms with Gasteiger partial charge in [-0.3, -0.25) is 4.98 Å². The van der Waals surface area contributed by atoms with Gasteiger partial charge in [0.25, 0.3) is 0 Å². The summed E-state index contributed by atoms with van der Waals surface area (Å²) in [5.41, 5.74) is 8.99. The molecule has 2 aliphatic heterocycles. The van der Waals surface area contributed by atoms with Crippen LogP contribution in [0.3, 0.4) is 0 Å². The highest BCUT2D eigenvalue weighted by Gasteiger charge is 2.32. The van der Waals surface area contributed by atoms with Gasteiger partial charge in [-0.15, -0.1) is 0 Å². The van der Waals surface area contributed by atoms with Crippen molar-refractivity contribution in [2.24, 2.45) is 10.1 Å². The summed E-state index contributed by atoms with van der Waals surface area (Å²) in [6, 6.07) is 12.1. The number of ether oxygens (including phenoxy) is 1. The summed E-state index contributed by atoms with van der Waals surface area (Å²) in [5, 5.41) is 4.38. The minimum atomic E-state index is 0.0384. The third-order valence-electron chi connectivity index (χ3n) is 5.65. The second-order valence-electron chi connectivity index (χ2n) is 7.94. The van der Waals surface area contributed by atoms with Crippen molar-refractivity contribution in [1.29, 1.82) is 0 Å². The Kier molecular flexibility index (Phi) is 5.60. The summed E-state index contributed by atoms with van der Waals surface area (Å²) in [6.07, 6.45) is 5.35. The molecule has 5 rings (SSSR count). The number of benzene rings is 1. The third-order valence-corrected chi connectivity index (χ3v) is 5.65. The fraction of sp³-hybridized carbons (Fsp3) is 0.292. The number of hydrazone groups is 1. The Morgan fingerprint density at radius 2 is 1.94 bits per heavy atom. The van der Waals surface area contributed by atoms with Crippen molar-refractivity contribution in [2.75, 3.05) is 36.6 Å². The van der Waals surface area contributed by atoms with Crippen LogP contribution in [0.1, 0.15) is 35.2 Å². The van der Waals surface area contributed by atoms with Crippen molar-refractivity contribution in [3.63, 3.8) is 0 Å². The van der Waals surface area contributed by atoms with Crippen molar-refractivity contribution in [2.45, 2.75) is 19.8 Å². The molecule has 2 aliphatic rings. The molecule has 1 saturated heterocycles. The molecular weight excluding hydrogens is 402 g/mol. The van der Waals surface area contributed by atoms with Crippen LogP contribution in [0.25, 0.3) is 0 Å². The van der Waals surface area contributed by atoms with E-state index in [-0.39, 0.29) is 5.92 Å². The number of pyridine rings is 1. The van der Waals surface area contributed by atoms with Crippen LogP contribution in [-0.2, 0) is 4.74 Å². The number of aryl methyl sites for hydroxylation is 1. The van der Waals surface area contributed by atoms with Gasteiger partial charge in [-0.25, -0.2) is 15.4 Å². The summed E-state index contributed by atoms with van der Waals surface area (Å²) in [7, 11) is 0. The van der Waals surface area contributed by atoms with Gasteiger partial charge in [-0.05, 0) is 30.2 Å². The van der Waals surface area contributed by atoms with E-state index in [1.165, 1.54) is 5.56 Å². The van der Waals surface area contributed by atoms with Gasteiger partial charge < -0.3 is 9.64 Å². The molecule has 1 aromatic carbocycles. The van der Waals surface area contributed by atoms with Crippen molar-refractivity contribution < 1.29 is 4.74 Å². The van der Waals surface area contributed by atoms with Crippen LogP contribution < -0.4 is 10.3 Å². The van der Waals surface area contributed by atoms with E-state index in [1.807, 2.05) is 24.3 Å². The maximum absolute atomic E-state index is 5.54. The summed E-state index contributed by atoms with van der Waals surface area (Å²) >= 11 is 0. The lowest BCUT2D eigenvalue weighted by Gasteiger charge is -2.28. The van der Waals surface area contributed by atoms with E-state index >= 15 is 0 Å². The predicted octanol–water partition coefficient (Wildman–Crippen LogP) is 3.70. The van der Waals surface area contributed by atoms with E-state index in [0.29, 0.717) is 19.2 Å². The van der Waals surface area contributed by atoms with Gasteiger partial charge in [0.2, 0.25) is 5.95 Å². The third kappa shape index (κ3) is 4.09. The number of hydrogen-bond acceptors (Lipinski definition) is 8. The predicted molar refractivity (Wildman–Crippen MR) is 126 cm³/mol. The van der Waals surface area contributed by atoms with Gasteiger partial charge in [0.05, 0.1) is 30.8 Å². The number of aliphatic imine (C=N–C) groups is 1. The number of nitrogens with one attached hydrogen (secondary N) is 1. The van der Waals surface area contributed by atoms with Crippen LogP contribution in [-0.4, -0.2) is 53.2 Å². The fourth-order valence-electron chi connectivity index (χ4n) is 4.01. The van der Waals surface area contributed by atoms with E-state index in [9.17, 15) is 0 Å². The normalized spacial score (nSPS) is 18.0. The number of rotatable bonds is 5. The SMILES string of the molecule is Cc1cccc(/C=N/Nc2nc3c(c(N4CCOCC4)n2)N=C(c2ccncc2)C3C)c1. The van der Waals surface area contributed by atoms with Crippen LogP contribution in [0.5, 0.6) is 0 Å². The molecule has 8 nitrogen and oxygen atoms in total. The molecule has 2 aromatic heterocycles. The van der Waals surface area contributed by atoms with E-state index in [0.717, 1.165) is 47.1 Å². The number of aromatic nitrogens is 3. The number of anilines is 2. The van der Waals surface area contributed by atoms with E-state index in [1.54, 1.807) is 18.6 Å². The highest BCUT2D eigenvalue weighted by Crippen LogP contribution is 2.42. The second kappa shape index (κ2) is 8.84. The van der Waals surface area contributed by atoms with Crippen molar-refractivity contribution in [3.05, 3.63) is 71.2 Å².